The summed E-state index contributed by atoms with van der Waals surface area (Å²) >= 11 is 0. The summed E-state index contributed by atoms with van der Waals surface area (Å²) in [6.07, 6.45) is 18.2. The number of nitrogens with zero attached hydrogens (tertiary/aromatic N) is 1. The second kappa shape index (κ2) is 9.69. The van der Waals surface area contributed by atoms with E-state index < -0.39 is 0 Å². The van der Waals surface area contributed by atoms with E-state index in [9.17, 15) is 4.79 Å². The first-order valence-corrected chi connectivity index (χ1v) is 14.5. The van der Waals surface area contributed by atoms with Gasteiger partial charge in [-0.15, -0.1) is 0 Å². The lowest BCUT2D eigenvalue weighted by Crippen LogP contribution is -2.55. The molecule has 4 aliphatic rings. The molecule has 4 aliphatic carbocycles. The average Bonchev–Trinajstić information content (AvgIpc) is 3.14. The van der Waals surface area contributed by atoms with E-state index in [1.165, 1.54) is 83.1 Å². The fourth-order valence-corrected chi connectivity index (χ4v) is 9.94. The molecule has 2 nitrogen and oxygen atoms in total. The van der Waals surface area contributed by atoms with Gasteiger partial charge in [-0.1, -0.05) is 60.5 Å². The van der Waals surface area contributed by atoms with Crippen LogP contribution in [-0.2, 0) is 4.79 Å². The molecule has 4 saturated carbocycles. The van der Waals surface area contributed by atoms with Crippen molar-refractivity contribution < 1.29 is 4.79 Å². The van der Waals surface area contributed by atoms with Gasteiger partial charge in [0.15, 0.2) is 0 Å². The van der Waals surface area contributed by atoms with Crippen LogP contribution in [0.1, 0.15) is 112 Å². The van der Waals surface area contributed by atoms with Crippen molar-refractivity contribution in [2.45, 2.75) is 118 Å². The lowest BCUT2D eigenvalue weighted by atomic mass is 9.44. The number of carbonyl (C=O) groups excluding carboxylic acids is 1. The third kappa shape index (κ3) is 4.47. The number of hydrogen-bond acceptors (Lipinski definition) is 1. The van der Waals surface area contributed by atoms with Crippen LogP contribution >= 0.6 is 0 Å². The Kier molecular flexibility index (Phi) is 7.43. The number of carbonyl (C=O) groups is 1. The minimum atomic E-state index is 0.102. The highest BCUT2D eigenvalue weighted by atomic mass is 16.2. The topological polar surface area (TPSA) is 20.3 Å². The highest BCUT2D eigenvalue weighted by Gasteiger charge is 2.60. The first-order valence-electron chi connectivity index (χ1n) is 14.5. The fraction of sp³-hybridized carbons (Fsp3) is 0.903. The zero-order chi connectivity index (χ0) is 24.0. The molecule has 0 aromatic heterocycles. The molecule has 0 aromatic carbocycles. The zero-order valence-electron chi connectivity index (χ0n) is 22.7. The van der Waals surface area contributed by atoms with Gasteiger partial charge in [0.2, 0.25) is 5.91 Å². The van der Waals surface area contributed by atoms with Gasteiger partial charge in [0.25, 0.3) is 0 Å². The fourth-order valence-electron chi connectivity index (χ4n) is 9.94. The number of fused-ring (bicyclic) bond motifs is 5. The summed E-state index contributed by atoms with van der Waals surface area (Å²) in [4.78, 5) is 14.2. The molecule has 0 aromatic rings. The average molecular weight is 456 g/mol. The van der Waals surface area contributed by atoms with Crippen molar-refractivity contribution in [2.75, 3.05) is 7.05 Å². The largest absolute Gasteiger partial charge is 0.339 e. The van der Waals surface area contributed by atoms with E-state index in [4.69, 9.17) is 0 Å². The van der Waals surface area contributed by atoms with Gasteiger partial charge in [-0.2, -0.15) is 0 Å². The van der Waals surface area contributed by atoms with Crippen molar-refractivity contribution in [2.24, 2.45) is 52.3 Å². The van der Waals surface area contributed by atoms with Gasteiger partial charge in [-0.05, 0) is 116 Å². The van der Waals surface area contributed by atoms with Crippen molar-refractivity contribution >= 4 is 5.91 Å². The van der Waals surface area contributed by atoms with Crippen LogP contribution in [0.3, 0.4) is 0 Å². The second-order valence-electron chi connectivity index (χ2n) is 13.8. The number of rotatable bonds is 7. The van der Waals surface area contributed by atoms with Crippen LogP contribution in [0.5, 0.6) is 0 Å². The van der Waals surface area contributed by atoms with Crippen LogP contribution in [0.2, 0.25) is 0 Å². The summed E-state index contributed by atoms with van der Waals surface area (Å²) in [6.45, 7) is 16.4. The van der Waals surface area contributed by atoms with Crippen molar-refractivity contribution in [3.8, 4) is 0 Å². The van der Waals surface area contributed by atoms with E-state index in [2.05, 4.69) is 41.2 Å². The van der Waals surface area contributed by atoms with Crippen LogP contribution in [0.25, 0.3) is 0 Å². The second-order valence-corrected chi connectivity index (χ2v) is 13.8. The Labute approximate surface area is 205 Å². The minimum Gasteiger partial charge on any atom is -0.339 e. The van der Waals surface area contributed by atoms with Crippen molar-refractivity contribution in [1.29, 1.82) is 0 Å². The predicted molar refractivity (Wildman–Crippen MR) is 140 cm³/mol. The van der Waals surface area contributed by atoms with E-state index in [-0.39, 0.29) is 5.91 Å². The summed E-state index contributed by atoms with van der Waals surface area (Å²) in [5, 5.41) is 0. The summed E-state index contributed by atoms with van der Waals surface area (Å²) in [5.74, 6) is 6.45. The van der Waals surface area contributed by atoms with E-state index >= 15 is 0 Å². The third-order valence-electron chi connectivity index (χ3n) is 11.9. The lowest BCUT2D eigenvalue weighted by Gasteiger charge is -2.61. The van der Waals surface area contributed by atoms with Crippen LogP contribution in [0.4, 0.5) is 0 Å². The summed E-state index contributed by atoms with van der Waals surface area (Å²) in [6, 6.07) is 0.418. The Morgan fingerprint density at radius 1 is 0.970 bits per heavy atom. The van der Waals surface area contributed by atoms with E-state index in [1.807, 2.05) is 11.9 Å². The molecule has 188 valence electrons. The van der Waals surface area contributed by atoms with Gasteiger partial charge in [-0.25, -0.2) is 0 Å². The van der Waals surface area contributed by atoms with E-state index in [0.29, 0.717) is 16.9 Å². The lowest BCUT2D eigenvalue weighted by molar-refractivity contribution is -0.137. The number of likely N-dealkylation sites (N-methyl/N-ethyl adjacent to an activating group) is 1. The highest BCUT2D eigenvalue weighted by molar-refractivity contribution is 5.87. The van der Waals surface area contributed by atoms with Crippen molar-refractivity contribution in [3.05, 3.63) is 12.7 Å². The molecule has 4 fully saturated rings. The molecule has 0 unspecified atom stereocenters. The van der Waals surface area contributed by atoms with Crippen LogP contribution in [-0.4, -0.2) is 23.9 Å². The first-order chi connectivity index (χ1) is 15.6. The summed E-state index contributed by atoms with van der Waals surface area (Å²) in [7, 11) is 2.00. The molecule has 0 bridgehead atoms. The van der Waals surface area contributed by atoms with Gasteiger partial charge in [0.05, 0.1) is 0 Å². The van der Waals surface area contributed by atoms with Gasteiger partial charge >= 0.3 is 0 Å². The maximum absolute atomic E-state index is 12.2. The van der Waals surface area contributed by atoms with Crippen molar-refractivity contribution in [1.82, 2.24) is 4.90 Å². The summed E-state index contributed by atoms with van der Waals surface area (Å²) in [5.41, 5.74) is 1.09. The first kappa shape index (κ1) is 25.3. The zero-order valence-corrected chi connectivity index (χ0v) is 22.7. The molecule has 0 N–H and O–H groups in total. The molecular weight excluding hydrogens is 402 g/mol. The third-order valence-corrected chi connectivity index (χ3v) is 11.9. The van der Waals surface area contributed by atoms with Crippen LogP contribution < -0.4 is 0 Å². The SMILES string of the molecule is C=CC(=O)N(C)[C@H]1CC[C@@]2(C)[C@H](CC[C@@H]3[C@@H]2CC[C@]2(C)[C@@H]([C@H](C)CCCC(C)C)CC[C@@H]32)C1. The molecule has 0 saturated heterocycles. The Hall–Kier alpha value is -0.790. The Balaban J connectivity index is 1.43. The van der Waals surface area contributed by atoms with Crippen LogP contribution in [0, 0.1) is 52.3 Å². The number of amides is 1. The quantitative estimate of drug-likeness (QED) is 0.355. The monoisotopic (exact) mass is 455 g/mol. The standard InChI is InChI=1S/C31H53NO/c1-8-29(33)32(7)24-16-18-30(5)23(20-24)12-13-25-27-15-14-26(22(4)11-9-10-21(2)3)31(27,6)19-17-28(25)30/h8,21-28H,1,9-20H2,2-7H3/t22-,23-,24+,25+,26-,27+,28+,30+,31-/m1/s1. The number of hydrogen-bond donors (Lipinski definition) is 0. The van der Waals surface area contributed by atoms with Gasteiger partial charge < -0.3 is 4.90 Å². The normalized spacial score (nSPS) is 43.4. The van der Waals surface area contributed by atoms with Gasteiger partial charge in [-0.3, -0.25) is 4.79 Å². The molecule has 0 spiro atoms. The van der Waals surface area contributed by atoms with E-state index in [0.717, 1.165) is 41.4 Å². The summed E-state index contributed by atoms with van der Waals surface area (Å²) < 4.78 is 0. The maximum Gasteiger partial charge on any atom is 0.245 e. The van der Waals surface area contributed by atoms with Gasteiger partial charge in [0.1, 0.15) is 0 Å². The molecule has 4 rings (SSSR count). The molecule has 0 radical (unpaired) electrons. The minimum absolute atomic E-state index is 0.102. The molecule has 0 heterocycles. The van der Waals surface area contributed by atoms with Crippen molar-refractivity contribution in [3.63, 3.8) is 0 Å². The molecule has 33 heavy (non-hydrogen) atoms. The maximum atomic E-state index is 12.2. The van der Waals surface area contributed by atoms with Gasteiger partial charge in [0, 0.05) is 13.1 Å². The molecule has 1 amide bonds. The Morgan fingerprint density at radius 3 is 2.36 bits per heavy atom. The molecule has 9 atom stereocenters. The smallest absolute Gasteiger partial charge is 0.245 e. The Morgan fingerprint density at radius 2 is 1.67 bits per heavy atom. The molecule has 2 heteroatoms. The highest BCUT2D eigenvalue weighted by Crippen LogP contribution is 2.68. The molecular formula is C31H53NO. The molecule has 0 aliphatic heterocycles. The predicted octanol–water partition coefficient (Wildman–Crippen LogP) is 8.12. The Bertz CT molecular complexity index is 714. The van der Waals surface area contributed by atoms with E-state index in [1.54, 1.807) is 0 Å². The van der Waals surface area contributed by atoms with Crippen LogP contribution in [0.15, 0.2) is 12.7 Å².